The van der Waals surface area contributed by atoms with Gasteiger partial charge < -0.3 is 19.9 Å². The number of nitrogens with zero attached hydrogens (tertiary/aromatic N) is 1. The van der Waals surface area contributed by atoms with Crippen LogP contribution >= 0.6 is 0 Å². The van der Waals surface area contributed by atoms with Crippen molar-refractivity contribution in [1.82, 2.24) is 15.2 Å². The van der Waals surface area contributed by atoms with Crippen LogP contribution in [-0.4, -0.2) is 42.2 Å². The third-order valence-electron chi connectivity index (χ3n) is 4.14. The van der Waals surface area contributed by atoms with E-state index in [9.17, 15) is 4.79 Å². The summed E-state index contributed by atoms with van der Waals surface area (Å²) in [7, 11) is 1.68. The summed E-state index contributed by atoms with van der Waals surface area (Å²) in [5.74, 6) is 0.854. The molecule has 0 bridgehead atoms. The molecule has 23 heavy (non-hydrogen) atoms. The van der Waals surface area contributed by atoms with Crippen LogP contribution in [0.4, 0.5) is 4.79 Å². The molecule has 1 aromatic heterocycles. The number of hydrogen-bond donors (Lipinski definition) is 2. The van der Waals surface area contributed by atoms with E-state index in [1.807, 2.05) is 37.1 Å². The molecule has 0 saturated heterocycles. The summed E-state index contributed by atoms with van der Waals surface area (Å²) in [5, 5.41) is 4.10. The van der Waals surface area contributed by atoms with Gasteiger partial charge in [0, 0.05) is 41.8 Å². The lowest BCUT2D eigenvalue weighted by molar-refractivity contribution is 0.200. The fourth-order valence-corrected chi connectivity index (χ4v) is 2.93. The fraction of sp³-hybridized carbons (Fsp3) is 0.389. The van der Waals surface area contributed by atoms with Gasteiger partial charge in [-0.05, 0) is 44.0 Å². The van der Waals surface area contributed by atoms with Gasteiger partial charge in [0.05, 0.1) is 7.11 Å². The van der Waals surface area contributed by atoms with Crippen molar-refractivity contribution in [3.05, 3.63) is 36.0 Å². The number of rotatable bonds is 3. The summed E-state index contributed by atoms with van der Waals surface area (Å²) in [6.45, 7) is 5.33. The molecule has 2 N–H and O–H groups in total. The Labute approximate surface area is 136 Å². The normalized spacial score (nSPS) is 15.0. The molecule has 5 nitrogen and oxygen atoms in total. The number of methoxy groups -OCH3 is 1. The molecule has 0 fully saturated rings. The van der Waals surface area contributed by atoms with Crippen LogP contribution < -0.4 is 10.1 Å². The fourth-order valence-electron chi connectivity index (χ4n) is 2.93. The zero-order chi connectivity index (χ0) is 16.4. The van der Waals surface area contributed by atoms with Crippen LogP contribution in [0.3, 0.4) is 0 Å². The molecule has 5 heteroatoms. The first-order valence-corrected chi connectivity index (χ1v) is 7.98. The standard InChI is InChI=1S/C18H23N3O2/c1-12(2)20-18(22)21-8-6-13(7-9-21)16-11-19-17-5-4-14(23-3)10-15(16)17/h4-6,10-12,19H,7-9H2,1-3H3,(H,20,22). The van der Waals surface area contributed by atoms with Gasteiger partial charge in [-0.25, -0.2) is 4.79 Å². The molecule has 1 aliphatic rings. The molecule has 0 spiro atoms. The largest absolute Gasteiger partial charge is 0.497 e. The molecule has 122 valence electrons. The smallest absolute Gasteiger partial charge is 0.317 e. The Hall–Kier alpha value is -2.43. The molecule has 3 rings (SSSR count). The number of amides is 2. The Morgan fingerprint density at radius 1 is 1.39 bits per heavy atom. The van der Waals surface area contributed by atoms with Crippen molar-refractivity contribution in [1.29, 1.82) is 0 Å². The first-order valence-electron chi connectivity index (χ1n) is 7.98. The van der Waals surface area contributed by atoms with Crippen molar-refractivity contribution in [3.63, 3.8) is 0 Å². The van der Waals surface area contributed by atoms with Gasteiger partial charge in [-0.2, -0.15) is 0 Å². The first kappa shape index (κ1) is 15.5. The molecule has 0 saturated carbocycles. The predicted octanol–water partition coefficient (Wildman–Crippen LogP) is 3.38. The average molecular weight is 313 g/mol. The Bertz CT molecular complexity index is 746. The molecule has 1 aromatic carbocycles. The molecule has 1 aliphatic heterocycles. The highest BCUT2D eigenvalue weighted by atomic mass is 16.5. The number of carbonyl (C=O) groups excluding carboxylic acids is 1. The minimum atomic E-state index is 0.0101. The number of hydrogen-bond acceptors (Lipinski definition) is 2. The van der Waals surface area contributed by atoms with Gasteiger partial charge in [-0.3, -0.25) is 0 Å². The molecular formula is C18H23N3O2. The Kier molecular flexibility index (Phi) is 4.28. The van der Waals surface area contributed by atoms with Gasteiger partial charge in [0.2, 0.25) is 0 Å². The van der Waals surface area contributed by atoms with Gasteiger partial charge in [-0.1, -0.05) is 6.08 Å². The van der Waals surface area contributed by atoms with Gasteiger partial charge in [0.1, 0.15) is 5.75 Å². The van der Waals surface area contributed by atoms with Crippen molar-refractivity contribution < 1.29 is 9.53 Å². The molecular weight excluding hydrogens is 290 g/mol. The van der Waals surface area contributed by atoms with Crippen molar-refractivity contribution in [2.75, 3.05) is 20.2 Å². The Balaban J connectivity index is 1.81. The lowest BCUT2D eigenvalue weighted by atomic mass is 9.99. The van der Waals surface area contributed by atoms with E-state index >= 15 is 0 Å². The summed E-state index contributed by atoms with van der Waals surface area (Å²) in [6, 6.07) is 6.21. The van der Waals surface area contributed by atoms with E-state index in [1.165, 1.54) is 11.1 Å². The van der Waals surface area contributed by atoms with E-state index < -0.39 is 0 Å². The van der Waals surface area contributed by atoms with Crippen LogP contribution in [0.2, 0.25) is 0 Å². The number of nitrogens with one attached hydrogen (secondary N) is 2. The molecule has 0 radical (unpaired) electrons. The number of aromatic nitrogens is 1. The van der Waals surface area contributed by atoms with Crippen molar-refractivity contribution in [2.24, 2.45) is 0 Å². The topological polar surface area (TPSA) is 57.4 Å². The molecule has 2 aromatic rings. The number of carbonyl (C=O) groups is 1. The van der Waals surface area contributed by atoms with Crippen molar-refractivity contribution >= 4 is 22.5 Å². The summed E-state index contributed by atoms with van der Waals surface area (Å²) in [5.41, 5.74) is 3.57. The van der Waals surface area contributed by atoms with E-state index in [2.05, 4.69) is 22.4 Å². The molecule has 0 atom stereocenters. The number of H-pyrrole nitrogens is 1. The SMILES string of the molecule is COc1ccc2[nH]cc(C3=CCN(C(=O)NC(C)C)CC3)c2c1. The van der Waals surface area contributed by atoms with E-state index in [0.717, 1.165) is 29.6 Å². The van der Waals surface area contributed by atoms with Crippen LogP contribution in [-0.2, 0) is 0 Å². The summed E-state index contributed by atoms with van der Waals surface area (Å²) in [4.78, 5) is 17.2. The minimum absolute atomic E-state index is 0.0101. The van der Waals surface area contributed by atoms with Crippen LogP contribution in [0.15, 0.2) is 30.5 Å². The van der Waals surface area contributed by atoms with Crippen LogP contribution in [0, 0.1) is 0 Å². The maximum Gasteiger partial charge on any atom is 0.317 e. The Morgan fingerprint density at radius 2 is 2.22 bits per heavy atom. The van der Waals surface area contributed by atoms with Gasteiger partial charge >= 0.3 is 6.03 Å². The summed E-state index contributed by atoms with van der Waals surface area (Å²) < 4.78 is 5.32. The minimum Gasteiger partial charge on any atom is -0.497 e. The zero-order valence-corrected chi connectivity index (χ0v) is 13.8. The quantitative estimate of drug-likeness (QED) is 0.912. The van der Waals surface area contributed by atoms with E-state index in [-0.39, 0.29) is 12.1 Å². The van der Waals surface area contributed by atoms with Gasteiger partial charge in [0.25, 0.3) is 0 Å². The second-order valence-electron chi connectivity index (χ2n) is 6.14. The molecule has 2 amide bonds. The van der Waals surface area contributed by atoms with Crippen LogP contribution in [0.1, 0.15) is 25.8 Å². The van der Waals surface area contributed by atoms with Crippen LogP contribution in [0.25, 0.3) is 16.5 Å². The van der Waals surface area contributed by atoms with Crippen molar-refractivity contribution in [3.8, 4) is 5.75 Å². The predicted molar refractivity (Wildman–Crippen MR) is 92.7 cm³/mol. The third-order valence-corrected chi connectivity index (χ3v) is 4.14. The number of fused-ring (bicyclic) bond motifs is 1. The molecule has 2 heterocycles. The van der Waals surface area contributed by atoms with E-state index in [4.69, 9.17) is 4.74 Å². The lowest BCUT2D eigenvalue weighted by Crippen LogP contribution is -2.44. The summed E-state index contributed by atoms with van der Waals surface area (Å²) in [6.07, 6.45) is 5.04. The molecule has 0 unspecified atom stereocenters. The molecule has 0 aliphatic carbocycles. The number of benzene rings is 1. The van der Waals surface area contributed by atoms with Gasteiger partial charge in [-0.15, -0.1) is 0 Å². The lowest BCUT2D eigenvalue weighted by Gasteiger charge is -2.27. The van der Waals surface area contributed by atoms with Gasteiger partial charge in [0.15, 0.2) is 0 Å². The Morgan fingerprint density at radius 3 is 2.87 bits per heavy atom. The second kappa shape index (κ2) is 6.36. The maximum atomic E-state index is 12.1. The highest BCUT2D eigenvalue weighted by molar-refractivity contribution is 5.94. The monoisotopic (exact) mass is 313 g/mol. The second-order valence-corrected chi connectivity index (χ2v) is 6.14. The highest BCUT2D eigenvalue weighted by Gasteiger charge is 2.19. The summed E-state index contributed by atoms with van der Waals surface area (Å²) >= 11 is 0. The van der Waals surface area contributed by atoms with Crippen molar-refractivity contribution in [2.45, 2.75) is 26.3 Å². The maximum absolute atomic E-state index is 12.1. The number of aromatic amines is 1. The van der Waals surface area contributed by atoms with E-state index in [1.54, 1.807) is 7.11 Å². The zero-order valence-electron chi connectivity index (χ0n) is 13.8. The highest BCUT2D eigenvalue weighted by Crippen LogP contribution is 2.31. The number of ether oxygens (including phenoxy) is 1. The first-order chi connectivity index (χ1) is 11.1. The average Bonchev–Trinajstić information content (AvgIpc) is 2.97. The number of urea groups is 1. The van der Waals surface area contributed by atoms with Crippen LogP contribution in [0.5, 0.6) is 5.75 Å². The van der Waals surface area contributed by atoms with E-state index in [0.29, 0.717) is 6.54 Å². The third kappa shape index (κ3) is 3.18.